The molecule has 2 aromatic rings. The molecule has 0 atom stereocenters. The number of nitrogens with zero attached hydrogens (tertiary/aromatic N) is 1. The number of ether oxygens (including phenoxy) is 2. The third-order valence-electron chi connectivity index (χ3n) is 5.08. The fourth-order valence-electron chi connectivity index (χ4n) is 3.55. The maximum Gasteiger partial charge on any atom is 0.261 e. The molecule has 0 saturated heterocycles. The van der Waals surface area contributed by atoms with Crippen molar-refractivity contribution in [1.29, 1.82) is 0 Å². The highest BCUT2D eigenvalue weighted by Crippen LogP contribution is 2.32. The van der Waals surface area contributed by atoms with Gasteiger partial charge in [-0.15, -0.1) is 0 Å². The van der Waals surface area contributed by atoms with Crippen molar-refractivity contribution in [2.24, 2.45) is 11.7 Å². The van der Waals surface area contributed by atoms with Crippen LogP contribution in [0.25, 0.3) is 0 Å². The molecule has 1 heterocycles. The van der Waals surface area contributed by atoms with Gasteiger partial charge >= 0.3 is 0 Å². The molecule has 33 heavy (non-hydrogen) atoms. The van der Waals surface area contributed by atoms with Crippen molar-refractivity contribution < 1.29 is 27.2 Å². The van der Waals surface area contributed by atoms with E-state index in [0.29, 0.717) is 35.8 Å². The van der Waals surface area contributed by atoms with Gasteiger partial charge in [-0.3, -0.25) is 9.35 Å². The summed E-state index contributed by atoms with van der Waals surface area (Å²) in [5.41, 5.74) is 6.73. The number of aromatic nitrogens is 1. The first kappa shape index (κ1) is 26.6. The van der Waals surface area contributed by atoms with E-state index in [0.717, 1.165) is 24.6 Å². The molecule has 0 unspecified atom stereocenters. The summed E-state index contributed by atoms with van der Waals surface area (Å²) in [6.07, 6.45) is 8.93. The van der Waals surface area contributed by atoms with Crippen molar-refractivity contribution in [3.63, 3.8) is 0 Å². The lowest BCUT2D eigenvalue weighted by molar-refractivity contribution is 0.1000. The molecule has 1 saturated carbocycles. The third-order valence-corrected chi connectivity index (χ3v) is 5.08. The van der Waals surface area contributed by atoms with Crippen molar-refractivity contribution in [3.05, 3.63) is 47.7 Å². The van der Waals surface area contributed by atoms with E-state index in [-0.39, 0.29) is 0 Å². The summed E-state index contributed by atoms with van der Waals surface area (Å²) in [5, 5.41) is 3.53. The number of carbonyl (C=O) groups excluding carboxylic acids is 1. The summed E-state index contributed by atoms with van der Waals surface area (Å²) in [6.45, 7) is 4.33. The minimum Gasteiger partial charge on any atom is -0.490 e. The summed E-state index contributed by atoms with van der Waals surface area (Å²) in [6, 6.07) is 9.13. The SMILES string of the molecule is CCOc1cc(CNCCC2CCCC2)ccc1Oc1ccc(C(N)=O)cn1.CS(=O)(=O)O. The number of nitrogens with one attached hydrogen (secondary N) is 1. The molecule has 10 heteroatoms. The second-order valence-corrected chi connectivity index (χ2v) is 9.38. The molecule has 9 nitrogen and oxygen atoms in total. The highest BCUT2D eigenvalue weighted by atomic mass is 32.2. The molecule has 0 spiro atoms. The van der Waals surface area contributed by atoms with Crippen LogP contribution in [0, 0.1) is 5.92 Å². The number of primary amides is 1. The first-order valence-corrected chi connectivity index (χ1v) is 12.8. The summed E-state index contributed by atoms with van der Waals surface area (Å²) in [5.74, 6) is 2.04. The van der Waals surface area contributed by atoms with Crippen LogP contribution in [-0.2, 0) is 16.7 Å². The Morgan fingerprint density at radius 2 is 1.91 bits per heavy atom. The van der Waals surface area contributed by atoms with Gasteiger partial charge in [0.25, 0.3) is 10.1 Å². The fourth-order valence-corrected chi connectivity index (χ4v) is 3.55. The van der Waals surface area contributed by atoms with E-state index in [1.54, 1.807) is 12.1 Å². The average Bonchev–Trinajstić information content (AvgIpc) is 3.26. The van der Waals surface area contributed by atoms with Crippen LogP contribution >= 0.6 is 0 Å². The lowest BCUT2D eigenvalue weighted by Gasteiger charge is -2.14. The molecule has 1 aromatic heterocycles. The molecule has 1 amide bonds. The second kappa shape index (κ2) is 13.1. The van der Waals surface area contributed by atoms with Crippen LogP contribution < -0.4 is 20.5 Å². The van der Waals surface area contributed by atoms with Gasteiger partial charge in [0.05, 0.1) is 18.4 Å². The summed E-state index contributed by atoms with van der Waals surface area (Å²) in [4.78, 5) is 15.3. The van der Waals surface area contributed by atoms with Crippen LogP contribution in [0.1, 0.15) is 54.9 Å². The Labute approximate surface area is 195 Å². The quantitative estimate of drug-likeness (QED) is 0.347. The normalized spacial score (nSPS) is 13.8. The molecular weight excluding hydrogens is 446 g/mol. The molecule has 1 aliphatic rings. The number of benzene rings is 1. The Morgan fingerprint density at radius 1 is 1.21 bits per heavy atom. The zero-order valence-corrected chi connectivity index (χ0v) is 19.9. The number of rotatable bonds is 10. The Kier molecular flexibility index (Phi) is 10.6. The van der Waals surface area contributed by atoms with Crippen LogP contribution in [0.15, 0.2) is 36.5 Å². The first-order valence-electron chi connectivity index (χ1n) is 11.0. The smallest absolute Gasteiger partial charge is 0.261 e. The first-order chi connectivity index (χ1) is 15.7. The molecule has 1 aromatic carbocycles. The van der Waals surface area contributed by atoms with E-state index in [4.69, 9.17) is 19.8 Å². The number of amides is 1. The molecule has 3 rings (SSSR count). The van der Waals surface area contributed by atoms with E-state index >= 15 is 0 Å². The number of nitrogens with two attached hydrogens (primary N) is 1. The van der Waals surface area contributed by atoms with Gasteiger partial charge in [-0.05, 0) is 49.6 Å². The molecular formula is C23H33N3O6S. The van der Waals surface area contributed by atoms with Gasteiger partial charge in [0.1, 0.15) is 0 Å². The van der Waals surface area contributed by atoms with Crippen molar-refractivity contribution in [2.45, 2.75) is 45.6 Å². The second-order valence-electron chi connectivity index (χ2n) is 7.91. The third kappa shape index (κ3) is 10.6. The van der Waals surface area contributed by atoms with E-state index < -0.39 is 16.0 Å². The molecule has 0 radical (unpaired) electrons. The topological polar surface area (TPSA) is 141 Å². The molecule has 0 aliphatic heterocycles. The molecule has 1 aliphatic carbocycles. The predicted octanol–water partition coefficient (Wildman–Crippen LogP) is 3.55. The van der Waals surface area contributed by atoms with Gasteiger partial charge in [-0.25, -0.2) is 4.98 Å². The van der Waals surface area contributed by atoms with Crippen LogP contribution in [-0.4, -0.2) is 43.3 Å². The largest absolute Gasteiger partial charge is 0.490 e. The summed E-state index contributed by atoms with van der Waals surface area (Å²) < 4.78 is 37.4. The highest BCUT2D eigenvalue weighted by molar-refractivity contribution is 7.85. The lowest BCUT2D eigenvalue weighted by Crippen LogP contribution is -2.17. The van der Waals surface area contributed by atoms with Gasteiger partial charge < -0.3 is 20.5 Å². The Bertz CT molecular complexity index is 982. The summed E-state index contributed by atoms with van der Waals surface area (Å²) in [7, 11) is -3.67. The van der Waals surface area contributed by atoms with Gasteiger partial charge in [0.2, 0.25) is 11.8 Å². The van der Waals surface area contributed by atoms with E-state index in [1.807, 2.05) is 25.1 Å². The molecule has 0 bridgehead atoms. The lowest BCUT2D eigenvalue weighted by atomic mass is 10.0. The maximum atomic E-state index is 11.1. The zero-order chi connectivity index (χ0) is 24.3. The predicted molar refractivity (Wildman–Crippen MR) is 126 cm³/mol. The van der Waals surface area contributed by atoms with Gasteiger partial charge in [-0.2, -0.15) is 8.42 Å². The van der Waals surface area contributed by atoms with E-state index in [9.17, 15) is 13.2 Å². The molecule has 182 valence electrons. The highest BCUT2D eigenvalue weighted by Gasteiger charge is 2.14. The van der Waals surface area contributed by atoms with Gasteiger partial charge in [-0.1, -0.05) is 31.7 Å². The minimum atomic E-state index is -3.67. The standard InChI is InChI=1S/C22H29N3O3.CH4O3S/c1-2-27-20-13-17(14-24-12-11-16-5-3-4-6-16)7-9-19(20)28-21-10-8-18(15-25-21)22(23)26;1-5(2,3)4/h7-10,13,15-16,24H,2-6,11-12,14H2,1H3,(H2,23,26);1H3,(H,2,3,4). The Hall–Kier alpha value is -2.69. The average molecular weight is 480 g/mol. The maximum absolute atomic E-state index is 11.1. The fraction of sp³-hybridized carbons (Fsp3) is 0.478. The van der Waals surface area contributed by atoms with Crippen molar-refractivity contribution in [2.75, 3.05) is 19.4 Å². The van der Waals surface area contributed by atoms with Gasteiger partial charge in [0.15, 0.2) is 11.5 Å². The van der Waals surface area contributed by atoms with Crippen molar-refractivity contribution in [1.82, 2.24) is 10.3 Å². The zero-order valence-electron chi connectivity index (χ0n) is 19.1. The Morgan fingerprint density at radius 3 is 2.48 bits per heavy atom. The Balaban J connectivity index is 0.000000696. The van der Waals surface area contributed by atoms with Crippen LogP contribution in [0.4, 0.5) is 0 Å². The number of pyridine rings is 1. The summed E-state index contributed by atoms with van der Waals surface area (Å²) >= 11 is 0. The van der Waals surface area contributed by atoms with Crippen LogP contribution in [0.2, 0.25) is 0 Å². The van der Waals surface area contributed by atoms with Crippen LogP contribution in [0.3, 0.4) is 0 Å². The minimum absolute atomic E-state index is 0.344. The molecule has 4 N–H and O–H groups in total. The van der Waals surface area contributed by atoms with E-state index in [1.165, 1.54) is 38.3 Å². The van der Waals surface area contributed by atoms with E-state index in [2.05, 4.69) is 10.3 Å². The van der Waals surface area contributed by atoms with Crippen LogP contribution in [0.5, 0.6) is 17.4 Å². The number of carbonyl (C=O) groups is 1. The van der Waals surface area contributed by atoms with Gasteiger partial charge in [0, 0.05) is 18.8 Å². The molecule has 1 fully saturated rings. The number of hydrogen-bond donors (Lipinski definition) is 3. The number of hydrogen-bond acceptors (Lipinski definition) is 7. The van der Waals surface area contributed by atoms with Crippen molar-refractivity contribution >= 4 is 16.0 Å². The monoisotopic (exact) mass is 479 g/mol. The van der Waals surface area contributed by atoms with Crippen molar-refractivity contribution in [3.8, 4) is 17.4 Å².